The first kappa shape index (κ1) is 25.3. The van der Waals surface area contributed by atoms with E-state index >= 15 is 0 Å². The van der Waals surface area contributed by atoms with Crippen LogP contribution in [0.15, 0.2) is 85.5 Å². The molecule has 0 amide bonds. The largest absolute Gasteiger partial charge is 0.479 e. The number of fused-ring (bicyclic) bond motifs is 2. The maximum absolute atomic E-state index is 11.4. The molecule has 0 aliphatic rings. The van der Waals surface area contributed by atoms with Gasteiger partial charge in [-0.15, -0.1) is 11.3 Å². The zero-order chi connectivity index (χ0) is 25.6. The van der Waals surface area contributed by atoms with Crippen molar-refractivity contribution in [3.63, 3.8) is 0 Å². The van der Waals surface area contributed by atoms with E-state index in [9.17, 15) is 9.90 Å². The van der Waals surface area contributed by atoms with E-state index in [-0.39, 0.29) is 0 Å². The van der Waals surface area contributed by atoms with E-state index in [1.807, 2.05) is 41.3 Å². The highest BCUT2D eigenvalue weighted by Gasteiger charge is 2.23. The second-order valence-electron chi connectivity index (χ2n) is 8.52. The number of carboxylic acid groups (broad SMARTS) is 1. The number of thiophene rings is 1. The van der Waals surface area contributed by atoms with Crippen LogP contribution >= 0.6 is 55.0 Å². The van der Waals surface area contributed by atoms with Gasteiger partial charge in [-0.25, -0.2) is 4.79 Å². The highest BCUT2D eigenvalue weighted by Crippen LogP contribution is 2.51. The van der Waals surface area contributed by atoms with E-state index < -0.39 is 12.1 Å². The standard InChI is InChI=1S/C29H22Br2O3S2/c1-15-17(3)35-28-24(15)25(18-13-22(30)26(23(31)14-18)34-16(2)29(32)33)20-11-7-8-12-21(20)27(28)36-19-9-5-4-6-10-19/h4-14,16H,1-3H3,(H,32,33). The molecule has 0 spiro atoms. The molecule has 0 aliphatic carbocycles. The first-order chi connectivity index (χ1) is 17.3. The summed E-state index contributed by atoms with van der Waals surface area (Å²) in [6, 6.07) is 23.1. The lowest BCUT2D eigenvalue weighted by Crippen LogP contribution is -2.23. The van der Waals surface area contributed by atoms with Gasteiger partial charge in [0.15, 0.2) is 6.10 Å². The number of ether oxygens (including phenoxy) is 1. The Morgan fingerprint density at radius 3 is 2.22 bits per heavy atom. The number of carbonyl (C=O) groups is 1. The first-order valence-electron chi connectivity index (χ1n) is 11.3. The predicted molar refractivity (Wildman–Crippen MR) is 158 cm³/mol. The first-order valence-corrected chi connectivity index (χ1v) is 14.5. The fourth-order valence-electron chi connectivity index (χ4n) is 4.30. The van der Waals surface area contributed by atoms with Crippen LogP contribution in [0.2, 0.25) is 0 Å². The average Bonchev–Trinajstić information content (AvgIpc) is 3.15. The number of hydrogen-bond donors (Lipinski definition) is 1. The van der Waals surface area contributed by atoms with E-state index in [0.29, 0.717) is 14.7 Å². The number of aryl methyl sites for hydroxylation is 2. The fourth-order valence-corrected chi connectivity index (χ4v) is 8.05. The molecule has 5 rings (SSSR count). The third-order valence-electron chi connectivity index (χ3n) is 6.18. The van der Waals surface area contributed by atoms with Gasteiger partial charge in [-0.3, -0.25) is 0 Å². The molecule has 1 aromatic heterocycles. The van der Waals surface area contributed by atoms with Gasteiger partial charge < -0.3 is 9.84 Å². The van der Waals surface area contributed by atoms with Gasteiger partial charge in [0.2, 0.25) is 0 Å². The molecule has 0 bridgehead atoms. The summed E-state index contributed by atoms with van der Waals surface area (Å²) >= 11 is 10.9. The molecule has 182 valence electrons. The van der Waals surface area contributed by atoms with Crippen molar-refractivity contribution in [2.45, 2.75) is 36.7 Å². The van der Waals surface area contributed by atoms with Crippen LogP contribution in [0.4, 0.5) is 0 Å². The number of hydrogen-bond acceptors (Lipinski definition) is 4. The smallest absolute Gasteiger partial charge is 0.344 e. The summed E-state index contributed by atoms with van der Waals surface area (Å²) in [4.78, 5) is 15.1. The van der Waals surface area contributed by atoms with Crippen molar-refractivity contribution in [2.75, 3.05) is 0 Å². The van der Waals surface area contributed by atoms with Crippen LogP contribution in [0, 0.1) is 13.8 Å². The maximum Gasteiger partial charge on any atom is 0.344 e. The quantitative estimate of drug-likeness (QED) is 0.200. The van der Waals surface area contributed by atoms with Crippen LogP contribution in [0.1, 0.15) is 17.4 Å². The number of carboxylic acids is 1. The van der Waals surface area contributed by atoms with Crippen molar-refractivity contribution in [1.82, 2.24) is 0 Å². The average molecular weight is 642 g/mol. The Bertz CT molecular complexity index is 1600. The second kappa shape index (κ2) is 10.2. The topological polar surface area (TPSA) is 46.5 Å². The third kappa shape index (κ3) is 4.58. The Morgan fingerprint density at radius 1 is 0.972 bits per heavy atom. The van der Waals surface area contributed by atoms with Crippen molar-refractivity contribution in [2.24, 2.45) is 0 Å². The van der Waals surface area contributed by atoms with E-state index in [2.05, 4.69) is 94.2 Å². The van der Waals surface area contributed by atoms with Crippen LogP contribution in [0.5, 0.6) is 5.75 Å². The summed E-state index contributed by atoms with van der Waals surface area (Å²) < 4.78 is 8.40. The molecular weight excluding hydrogens is 620 g/mol. The summed E-state index contributed by atoms with van der Waals surface area (Å²) in [7, 11) is 0. The number of benzene rings is 4. The Balaban J connectivity index is 1.79. The van der Waals surface area contributed by atoms with E-state index in [1.165, 1.54) is 53.6 Å². The van der Waals surface area contributed by atoms with Gasteiger partial charge in [-0.2, -0.15) is 0 Å². The highest BCUT2D eigenvalue weighted by atomic mass is 79.9. The Labute approximate surface area is 234 Å². The van der Waals surface area contributed by atoms with Gasteiger partial charge in [0.05, 0.1) is 13.6 Å². The monoisotopic (exact) mass is 640 g/mol. The van der Waals surface area contributed by atoms with Gasteiger partial charge in [-0.1, -0.05) is 54.2 Å². The molecule has 3 nitrogen and oxygen atoms in total. The molecule has 0 saturated carbocycles. The molecule has 0 radical (unpaired) electrons. The highest BCUT2D eigenvalue weighted by molar-refractivity contribution is 9.11. The third-order valence-corrected chi connectivity index (χ3v) is 9.84. The van der Waals surface area contributed by atoms with Gasteiger partial charge in [0, 0.05) is 20.1 Å². The number of halogens is 2. The normalized spacial score (nSPS) is 12.2. The molecule has 4 aromatic carbocycles. The van der Waals surface area contributed by atoms with Crippen LogP contribution in [-0.2, 0) is 4.79 Å². The molecule has 1 atom stereocenters. The lowest BCUT2D eigenvalue weighted by atomic mass is 9.93. The molecule has 0 saturated heterocycles. The summed E-state index contributed by atoms with van der Waals surface area (Å²) in [5, 5.41) is 12.9. The Hall–Kier alpha value is -2.32. The minimum Gasteiger partial charge on any atom is -0.479 e. The van der Waals surface area contributed by atoms with Gasteiger partial charge in [0.1, 0.15) is 5.75 Å². The molecule has 1 N–H and O–H groups in total. The second-order valence-corrected chi connectivity index (χ2v) is 12.5. The summed E-state index contributed by atoms with van der Waals surface area (Å²) in [6.45, 7) is 5.90. The Morgan fingerprint density at radius 2 is 1.58 bits per heavy atom. The minimum absolute atomic E-state index is 0.476. The molecule has 5 aromatic rings. The van der Waals surface area contributed by atoms with Crippen LogP contribution < -0.4 is 4.74 Å². The van der Waals surface area contributed by atoms with Gasteiger partial charge >= 0.3 is 5.97 Å². The molecule has 0 fully saturated rings. The molecule has 1 heterocycles. The number of rotatable bonds is 6. The SMILES string of the molecule is Cc1sc2c(Sc3ccccc3)c3ccccc3c(-c3cc(Br)c(OC(C)C(=O)O)c(Br)c3)c2c1C. The van der Waals surface area contributed by atoms with E-state index in [4.69, 9.17) is 4.74 Å². The molecule has 0 aliphatic heterocycles. The zero-order valence-corrected chi connectivity index (χ0v) is 24.6. The number of aliphatic carboxylic acids is 1. The van der Waals surface area contributed by atoms with Crippen LogP contribution in [0.3, 0.4) is 0 Å². The summed E-state index contributed by atoms with van der Waals surface area (Å²) in [5.41, 5.74) is 3.47. The van der Waals surface area contributed by atoms with Gasteiger partial charge in [0.25, 0.3) is 0 Å². The van der Waals surface area contributed by atoms with E-state index in [1.54, 1.807) is 0 Å². The zero-order valence-electron chi connectivity index (χ0n) is 19.8. The van der Waals surface area contributed by atoms with Crippen LogP contribution in [0.25, 0.3) is 32.0 Å². The lowest BCUT2D eigenvalue weighted by Gasteiger charge is -2.18. The molecule has 7 heteroatoms. The molecule has 36 heavy (non-hydrogen) atoms. The lowest BCUT2D eigenvalue weighted by molar-refractivity contribution is -0.144. The minimum atomic E-state index is -1.01. The van der Waals surface area contributed by atoms with Crippen molar-refractivity contribution in [3.8, 4) is 16.9 Å². The van der Waals surface area contributed by atoms with E-state index in [0.717, 1.165) is 5.56 Å². The van der Waals surface area contributed by atoms with Crippen molar-refractivity contribution >= 4 is 81.8 Å². The molecule has 1 unspecified atom stereocenters. The Kier molecular flexibility index (Phi) is 7.18. The maximum atomic E-state index is 11.4. The van der Waals surface area contributed by atoms with Crippen LogP contribution in [-0.4, -0.2) is 17.2 Å². The predicted octanol–water partition coefficient (Wildman–Crippen LogP) is 9.87. The van der Waals surface area contributed by atoms with Gasteiger partial charge in [-0.05, 0) is 104 Å². The summed E-state index contributed by atoms with van der Waals surface area (Å²) in [5.74, 6) is -0.537. The molecular formula is C29H22Br2O3S2. The van der Waals surface area contributed by atoms with Crippen molar-refractivity contribution in [1.29, 1.82) is 0 Å². The van der Waals surface area contributed by atoms with Crippen molar-refractivity contribution < 1.29 is 14.6 Å². The van der Waals surface area contributed by atoms with Crippen molar-refractivity contribution in [3.05, 3.63) is 86.1 Å². The fraction of sp³-hybridized carbons (Fsp3) is 0.138. The summed E-state index contributed by atoms with van der Waals surface area (Å²) in [6.07, 6.45) is -0.966.